The van der Waals surface area contributed by atoms with E-state index in [2.05, 4.69) is 21.2 Å². The number of rotatable bonds is 3. The van der Waals surface area contributed by atoms with Crippen molar-refractivity contribution < 1.29 is 14.7 Å². The predicted molar refractivity (Wildman–Crippen MR) is 59.1 cm³/mol. The Kier molecular flexibility index (Phi) is 2.56. The Morgan fingerprint density at radius 2 is 2.20 bits per heavy atom. The molecular formula is C9H8BrNO3S. The molecule has 0 radical (unpaired) electrons. The first-order valence-corrected chi connectivity index (χ1v) is 6.01. The Morgan fingerprint density at radius 1 is 1.53 bits per heavy atom. The van der Waals surface area contributed by atoms with Gasteiger partial charge < -0.3 is 10.4 Å². The van der Waals surface area contributed by atoms with Crippen molar-refractivity contribution in [3.05, 3.63) is 20.8 Å². The number of carboxylic acids is 1. The van der Waals surface area contributed by atoms with Crippen LogP contribution in [-0.4, -0.2) is 22.5 Å². The third kappa shape index (κ3) is 1.91. The molecule has 0 bridgehead atoms. The molecule has 0 aromatic carbocycles. The van der Waals surface area contributed by atoms with Crippen LogP contribution in [0.15, 0.2) is 15.9 Å². The number of hydrogen-bond acceptors (Lipinski definition) is 3. The number of carbonyl (C=O) groups excluding carboxylic acids is 1. The van der Waals surface area contributed by atoms with E-state index >= 15 is 0 Å². The van der Waals surface area contributed by atoms with Crippen molar-refractivity contribution in [1.82, 2.24) is 5.32 Å². The molecule has 6 heteroatoms. The molecule has 2 rings (SSSR count). The van der Waals surface area contributed by atoms with Gasteiger partial charge in [-0.3, -0.25) is 4.79 Å². The van der Waals surface area contributed by atoms with Crippen LogP contribution < -0.4 is 5.32 Å². The number of nitrogens with one attached hydrogen (secondary N) is 1. The van der Waals surface area contributed by atoms with Crippen LogP contribution in [0.4, 0.5) is 0 Å². The van der Waals surface area contributed by atoms with Gasteiger partial charge in [-0.2, -0.15) is 0 Å². The molecule has 0 unspecified atom stereocenters. The molecule has 1 fully saturated rings. The van der Waals surface area contributed by atoms with E-state index in [-0.39, 0.29) is 5.91 Å². The highest BCUT2D eigenvalue weighted by atomic mass is 79.9. The summed E-state index contributed by atoms with van der Waals surface area (Å²) < 4.78 is 0.700. The normalized spacial score (nSPS) is 17.1. The van der Waals surface area contributed by atoms with Crippen LogP contribution in [-0.2, 0) is 4.79 Å². The smallest absolute Gasteiger partial charge is 0.329 e. The van der Waals surface area contributed by atoms with E-state index in [9.17, 15) is 9.59 Å². The standard InChI is InChI=1S/C9H8BrNO3S/c10-5-1-4-15-6(5)7(12)11-9(2-3-9)8(13)14/h1,4H,2-3H2,(H,11,12)(H,13,14). The van der Waals surface area contributed by atoms with E-state index in [1.807, 2.05) is 0 Å². The summed E-state index contributed by atoms with van der Waals surface area (Å²) in [6, 6.07) is 1.76. The number of halogens is 1. The molecule has 0 atom stereocenters. The first-order valence-electron chi connectivity index (χ1n) is 4.34. The summed E-state index contributed by atoms with van der Waals surface area (Å²) in [6.45, 7) is 0. The van der Waals surface area contributed by atoms with Gasteiger partial charge in [0.1, 0.15) is 10.4 Å². The van der Waals surface area contributed by atoms with Gasteiger partial charge in [-0.05, 0) is 40.2 Å². The number of aliphatic carboxylic acids is 1. The molecule has 1 aromatic heterocycles. The average Bonchev–Trinajstić information content (AvgIpc) is 2.82. The molecular weight excluding hydrogens is 282 g/mol. The molecule has 1 aliphatic rings. The van der Waals surface area contributed by atoms with E-state index in [1.165, 1.54) is 11.3 Å². The summed E-state index contributed by atoms with van der Waals surface area (Å²) in [5.41, 5.74) is -1.01. The third-order valence-corrected chi connectivity index (χ3v) is 4.17. The maximum Gasteiger partial charge on any atom is 0.329 e. The zero-order valence-corrected chi connectivity index (χ0v) is 10.0. The van der Waals surface area contributed by atoms with Crippen molar-refractivity contribution in [3.8, 4) is 0 Å². The van der Waals surface area contributed by atoms with Gasteiger partial charge >= 0.3 is 5.97 Å². The molecule has 0 aliphatic heterocycles. The van der Waals surface area contributed by atoms with Gasteiger partial charge in [-0.1, -0.05) is 0 Å². The molecule has 0 saturated heterocycles. The highest BCUT2D eigenvalue weighted by Gasteiger charge is 2.51. The van der Waals surface area contributed by atoms with E-state index in [1.54, 1.807) is 11.4 Å². The SMILES string of the molecule is O=C(NC1(C(=O)O)CC1)c1sccc1Br. The van der Waals surface area contributed by atoms with Gasteiger partial charge in [-0.15, -0.1) is 11.3 Å². The predicted octanol–water partition coefficient (Wildman–Crippen LogP) is 1.86. The minimum Gasteiger partial charge on any atom is -0.480 e. The highest BCUT2D eigenvalue weighted by molar-refractivity contribution is 9.10. The summed E-state index contributed by atoms with van der Waals surface area (Å²) in [7, 11) is 0. The minimum absolute atomic E-state index is 0.322. The van der Waals surface area contributed by atoms with E-state index in [0.29, 0.717) is 22.2 Å². The fourth-order valence-corrected chi connectivity index (χ4v) is 2.69. The van der Waals surface area contributed by atoms with Gasteiger partial charge in [0.2, 0.25) is 0 Å². The van der Waals surface area contributed by atoms with Crippen molar-refractivity contribution in [2.24, 2.45) is 0 Å². The van der Waals surface area contributed by atoms with Crippen molar-refractivity contribution in [2.45, 2.75) is 18.4 Å². The maximum absolute atomic E-state index is 11.7. The molecule has 4 nitrogen and oxygen atoms in total. The molecule has 1 aliphatic carbocycles. The number of carboxylic acid groups (broad SMARTS) is 1. The number of thiophene rings is 1. The Bertz CT molecular complexity index is 425. The summed E-state index contributed by atoms with van der Waals surface area (Å²) in [4.78, 5) is 23.1. The molecule has 2 N–H and O–H groups in total. The number of hydrogen-bond donors (Lipinski definition) is 2. The first kappa shape index (κ1) is 10.6. The van der Waals surface area contributed by atoms with E-state index in [4.69, 9.17) is 5.11 Å². The van der Waals surface area contributed by atoms with Crippen LogP contribution in [0.2, 0.25) is 0 Å². The molecule has 1 saturated carbocycles. The first-order chi connectivity index (χ1) is 7.05. The molecule has 80 valence electrons. The lowest BCUT2D eigenvalue weighted by atomic mass is 10.2. The van der Waals surface area contributed by atoms with Crippen molar-refractivity contribution in [3.63, 3.8) is 0 Å². The fraction of sp³-hybridized carbons (Fsp3) is 0.333. The van der Waals surface area contributed by atoms with Gasteiger partial charge in [0.25, 0.3) is 5.91 Å². The Labute approximate surface area is 98.4 Å². The second-order valence-electron chi connectivity index (χ2n) is 3.44. The zero-order chi connectivity index (χ0) is 11.1. The molecule has 1 amide bonds. The lowest BCUT2D eigenvalue weighted by molar-refractivity contribution is -0.140. The van der Waals surface area contributed by atoms with Crippen molar-refractivity contribution in [1.29, 1.82) is 0 Å². The quantitative estimate of drug-likeness (QED) is 0.893. The fourth-order valence-electron chi connectivity index (χ4n) is 1.25. The number of carbonyl (C=O) groups is 2. The minimum atomic E-state index is -1.01. The molecule has 1 heterocycles. The second kappa shape index (κ2) is 3.61. The largest absolute Gasteiger partial charge is 0.480 e. The van der Waals surface area contributed by atoms with Gasteiger partial charge in [0, 0.05) is 4.47 Å². The van der Waals surface area contributed by atoms with E-state index in [0.717, 1.165) is 0 Å². The van der Waals surface area contributed by atoms with Crippen LogP contribution in [0.25, 0.3) is 0 Å². The van der Waals surface area contributed by atoms with Gasteiger partial charge in [0.15, 0.2) is 0 Å². The zero-order valence-electron chi connectivity index (χ0n) is 7.62. The average molecular weight is 290 g/mol. The van der Waals surface area contributed by atoms with Crippen molar-refractivity contribution in [2.75, 3.05) is 0 Å². The lowest BCUT2D eigenvalue weighted by Crippen LogP contribution is -2.42. The monoisotopic (exact) mass is 289 g/mol. The summed E-state index contributed by atoms with van der Waals surface area (Å²) in [6.07, 6.45) is 1.02. The topological polar surface area (TPSA) is 66.4 Å². The van der Waals surface area contributed by atoms with Crippen LogP contribution in [0, 0.1) is 0 Å². The van der Waals surface area contributed by atoms with Crippen LogP contribution in [0.5, 0.6) is 0 Å². The molecule has 15 heavy (non-hydrogen) atoms. The Hall–Kier alpha value is -0.880. The molecule has 1 aromatic rings. The third-order valence-electron chi connectivity index (χ3n) is 2.34. The van der Waals surface area contributed by atoms with Gasteiger partial charge in [-0.25, -0.2) is 4.79 Å². The van der Waals surface area contributed by atoms with Gasteiger partial charge in [0.05, 0.1) is 0 Å². The highest BCUT2D eigenvalue weighted by Crippen LogP contribution is 2.36. The second-order valence-corrected chi connectivity index (χ2v) is 5.21. The lowest BCUT2D eigenvalue weighted by Gasteiger charge is -2.11. The Morgan fingerprint density at radius 3 is 2.60 bits per heavy atom. The summed E-state index contributed by atoms with van der Waals surface area (Å²) in [5.74, 6) is -1.28. The number of amides is 1. The van der Waals surface area contributed by atoms with Crippen molar-refractivity contribution >= 4 is 39.1 Å². The Balaban J connectivity index is 2.11. The van der Waals surface area contributed by atoms with Crippen LogP contribution >= 0.6 is 27.3 Å². The molecule has 0 spiro atoms. The van der Waals surface area contributed by atoms with Crippen LogP contribution in [0.1, 0.15) is 22.5 Å². The maximum atomic E-state index is 11.7. The van der Waals surface area contributed by atoms with Crippen LogP contribution in [0.3, 0.4) is 0 Å². The summed E-state index contributed by atoms with van der Waals surface area (Å²) in [5, 5.41) is 13.2. The van der Waals surface area contributed by atoms with E-state index < -0.39 is 11.5 Å². The summed E-state index contributed by atoms with van der Waals surface area (Å²) >= 11 is 4.52.